The van der Waals surface area contributed by atoms with Crippen LogP contribution < -0.4 is 5.59 Å². The number of nitrogens with zero attached hydrogens (tertiary/aromatic N) is 2. The zero-order valence-corrected chi connectivity index (χ0v) is 21.0. The summed E-state index contributed by atoms with van der Waals surface area (Å²) >= 11 is 6.37. The van der Waals surface area contributed by atoms with E-state index in [4.69, 9.17) is 35.1 Å². The Morgan fingerprint density at radius 3 is 2.41 bits per heavy atom. The number of methoxy groups -OCH3 is 1. The van der Waals surface area contributed by atoms with Gasteiger partial charge >= 0.3 is 13.2 Å². The van der Waals surface area contributed by atoms with Gasteiger partial charge in [-0.05, 0) is 66.2 Å². The molecule has 2 aliphatic rings. The van der Waals surface area contributed by atoms with E-state index >= 15 is 0 Å². The Bertz CT molecular complexity index is 828. The second-order valence-electron chi connectivity index (χ2n) is 10.3. The van der Waals surface area contributed by atoms with Crippen LogP contribution in [-0.2, 0) is 23.5 Å². The van der Waals surface area contributed by atoms with Gasteiger partial charge in [-0.15, -0.1) is 0 Å². The van der Waals surface area contributed by atoms with Crippen LogP contribution in [0.15, 0.2) is 12.1 Å². The number of hydrogen-bond acceptors (Lipinski definition) is 7. The molecule has 10 heteroatoms. The molecule has 0 aromatic carbocycles. The van der Waals surface area contributed by atoms with Gasteiger partial charge < -0.3 is 28.4 Å². The molecule has 1 aromatic rings. The third-order valence-corrected chi connectivity index (χ3v) is 6.07. The Labute approximate surface area is 196 Å². The van der Waals surface area contributed by atoms with Crippen LogP contribution in [-0.4, -0.2) is 72.8 Å². The molecule has 0 spiro atoms. The van der Waals surface area contributed by atoms with Gasteiger partial charge in [0.25, 0.3) is 0 Å². The molecular weight excluding hydrogens is 435 g/mol. The van der Waals surface area contributed by atoms with Crippen LogP contribution in [0, 0.1) is 0 Å². The summed E-state index contributed by atoms with van der Waals surface area (Å²) in [6.45, 7) is 14.5. The van der Waals surface area contributed by atoms with Crippen LogP contribution in [0.1, 0.15) is 60.1 Å². The number of pyridine rings is 1. The average Bonchev–Trinajstić information content (AvgIpc) is 2.87. The van der Waals surface area contributed by atoms with Crippen LogP contribution in [0.4, 0.5) is 4.79 Å². The SMILES string of the molecule is COCC1CN(C(=O)OC(C)(C)C)CC(c2cc(Cl)nc(B3OC(C)(C)C(C)(C)O3)c2)O1. The van der Waals surface area contributed by atoms with E-state index in [9.17, 15) is 4.79 Å². The van der Waals surface area contributed by atoms with Crippen molar-refractivity contribution in [3.63, 3.8) is 0 Å². The number of carbonyl (C=O) groups is 1. The highest BCUT2D eigenvalue weighted by molar-refractivity contribution is 6.61. The van der Waals surface area contributed by atoms with Crippen molar-refractivity contribution in [1.29, 1.82) is 0 Å². The third-order valence-electron chi connectivity index (χ3n) is 5.87. The number of halogens is 1. The minimum Gasteiger partial charge on any atom is -0.444 e. The Kier molecular flexibility index (Phi) is 7.18. The van der Waals surface area contributed by atoms with Crippen molar-refractivity contribution in [3.05, 3.63) is 22.8 Å². The first-order chi connectivity index (χ1) is 14.7. The number of carbonyl (C=O) groups excluding carboxylic acids is 1. The summed E-state index contributed by atoms with van der Waals surface area (Å²) in [7, 11) is 0.947. The molecule has 2 saturated heterocycles. The average molecular weight is 469 g/mol. The summed E-state index contributed by atoms with van der Waals surface area (Å²) in [5.74, 6) is 0. The van der Waals surface area contributed by atoms with Crippen molar-refractivity contribution < 1.29 is 28.3 Å². The lowest BCUT2D eigenvalue weighted by atomic mass is 9.83. The van der Waals surface area contributed by atoms with Crippen LogP contribution in [0.3, 0.4) is 0 Å². The minimum atomic E-state index is -0.655. The summed E-state index contributed by atoms with van der Waals surface area (Å²) in [4.78, 5) is 18.8. The number of amides is 1. The monoisotopic (exact) mass is 468 g/mol. The summed E-state index contributed by atoms with van der Waals surface area (Å²) < 4.78 is 29.4. The Morgan fingerprint density at radius 1 is 1.22 bits per heavy atom. The van der Waals surface area contributed by atoms with Crippen molar-refractivity contribution in [2.75, 3.05) is 26.8 Å². The van der Waals surface area contributed by atoms with E-state index in [2.05, 4.69) is 4.98 Å². The molecule has 0 saturated carbocycles. The summed E-state index contributed by atoms with van der Waals surface area (Å²) in [6.07, 6.45) is -1.13. The van der Waals surface area contributed by atoms with Gasteiger partial charge in [-0.25, -0.2) is 9.78 Å². The standard InChI is InChI=1S/C22H34BClN2O6/c1-20(2,3)30-19(27)26-11-15(13-28-8)29-16(12-26)14-9-17(25-18(24)10-14)23-31-21(4,5)22(6,7)32-23/h9-10,15-16H,11-13H2,1-8H3. The first-order valence-electron chi connectivity index (χ1n) is 10.9. The molecular formula is C22H34BClN2O6. The van der Waals surface area contributed by atoms with E-state index < -0.39 is 36.1 Å². The van der Waals surface area contributed by atoms with Gasteiger partial charge in [0.15, 0.2) is 0 Å². The van der Waals surface area contributed by atoms with Crippen molar-refractivity contribution in [2.24, 2.45) is 0 Å². The van der Waals surface area contributed by atoms with Gasteiger partial charge in [0.1, 0.15) is 16.9 Å². The highest BCUT2D eigenvalue weighted by Gasteiger charge is 2.52. The van der Waals surface area contributed by atoms with Gasteiger partial charge in [0.05, 0.1) is 42.6 Å². The number of hydrogen-bond donors (Lipinski definition) is 0. The smallest absolute Gasteiger partial charge is 0.444 e. The lowest BCUT2D eigenvalue weighted by Crippen LogP contribution is -2.50. The van der Waals surface area contributed by atoms with Crippen LogP contribution in [0.25, 0.3) is 0 Å². The summed E-state index contributed by atoms with van der Waals surface area (Å²) in [6, 6.07) is 3.60. The third kappa shape index (κ3) is 5.75. The summed E-state index contributed by atoms with van der Waals surface area (Å²) in [5, 5.41) is 0.300. The number of aromatic nitrogens is 1. The molecule has 3 rings (SSSR count). The van der Waals surface area contributed by atoms with Gasteiger partial charge in [0, 0.05) is 7.11 Å². The fourth-order valence-electron chi connectivity index (χ4n) is 3.58. The van der Waals surface area contributed by atoms with E-state index in [1.807, 2.05) is 54.5 Å². The molecule has 2 unspecified atom stereocenters. The van der Waals surface area contributed by atoms with Crippen LogP contribution in [0.5, 0.6) is 0 Å². The largest absolute Gasteiger partial charge is 0.514 e. The maximum atomic E-state index is 12.8. The van der Waals surface area contributed by atoms with Gasteiger partial charge in [0.2, 0.25) is 0 Å². The first-order valence-corrected chi connectivity index (χ1v) is 11.2. The number of rotatable bonds is 4. The Balaban J connectivity index is 1.86. The topological polar surface area (TPSA) is 79.4 Å². The highest BCUT2D eigenvalue weighted by Crippen LogP contribution is 2.37. The second-order valence-corrected chi connectivity index (χ2v) is 10.7. The molecule has 0 radical (unpaired) electrons. The zero-order chi connectivity index (χ0) is 23.9. The predicted octanol–water partition coefficient (Wildman–Crippen LogP) is 3.36. The molecule has 8 nitrogen and oxygen atoms in total. The van der Waals surface area contributed by atoms with E-state index in [0.717, 1.165) is 5.56 Å². The molecule has 1 amide bonds. The highest BCUT2D eigenvalue weighted by atomic mass is 35.5. The van der Waals surface area contributed by atoms with E-state index in [0.29, 0.717) is 30.4 Å². The van der Waals surface area contributed by atoms with E-state index in [-0.39, 0.29) is 6.10 Å². The molecule has 2 aliphatic heterocycles. The normalized spacial score (nSPS) is 25.2. The number of morpholine rings is 1. The minimum absolute atomic E-state index is 0.300. The molecule has 0 bridgehead atoms. The van der Waals surface area contributed by atoms with E-state index in [1.54, 1.807) is 18.1 Å². The Morgan fingerprint density at radius 2 is 1.84 bits per heavy atom. The maximum Gasteiger partial charge on any atom is 0.514 e. The van der Waals surface area contributed by atoms with E-state index in [1.165, 1.54) is 0 Å². The van der Waals surface area contributed by atoms with Crippen molar-refractivity contribution in [2.45, 2.75) is 77.5 Å². The maximum absolute atomic E-state index is 12.8. The molecule has 3 heterocycles. The van der Waals surface area contributed by atoms with Gasteiger partial charge in [-0.3, -0.25) is 0 Å². The molecule has 2 atom stereocenters. The fourth-order valence-corrected chi connectivity index (χ4v) is 3.81. The first kappa shape index (κ1) is 25.2. The zero-order valence-electron chi connectivity index (χ0n) is 20.2. The van der Waals surface area contributed by atoms with Crippen molar-refractivity contribution in [3.8, 4) is 0 Å². The molecule has 0 N–H and O–H groups in total. The number of ether oxygens (including phenoxy) is 3. The molecule has 32 heavy (non-hydrogen) atoms. The molecule has 178 valence electrons. The van der Waals surface area contributed by atoms with Crippen LogP contribution in [0.2, 0.25) is 5.15 Å². The lowest BCUT2D eigenvalue weighted by molar-refractivity contribution is -0.109. The Hall–Kier alpha value is -1.39. The quantitative estimate of drug-likeness (QED) is 0.495. The second kappa shape index (κ2) is 9.10. The fraction of sp³-hybridized carbons (Fsp3) is 0.727. The van der Waals surface area contributed by atoms with Crippen LogP contribution >= 0.6 is 11.6 Å². The molecule has 2 fully saturated rings. The molecule has 1 aromatic heterocycles. The molecule has 0 aliphatic carbocycles. The summed E-state index contributed by atoms with van der Waals surface area (Å²) in [5.41, 5.74) is -0.247. The van der Waals surface area contributed by atoms with Crippen molar-refractivity contribution >= 4 is 30.4 Å². The lowest BCUT2D eigenvalue weighted by Gasteiger charge is -2.38. The van der Waals surface area contributed by atoms with Gasteiger partial charge in [-0.2, -0.15) is 0 Å². The predicted molar refractivity (Wildman–Crippen MR) is 122 cm³/mol. The van der Waals surface area contributed by atoms with Crippen molar-refractivity contribution in [1.82, 2.24) is 9.88 Å². The van der Waals surface area contributed by atoms with Gasteiger partial charge in [-0.1, -0.05) is 11.6 Å².